The molecule has 0 bridgehead atoms. The van der Waals surface area contributed by atoms with E-state index in [9.17, 15) is 19.1 Å². The summed E-state index contributed by atoms with van der Waals surface area (Å²) in [7, 11) is 0. The number of carboxylic acids is 1. The van der Waals surface area contributed by atoms with Crippen LogP contribution in [0.2, 0.25) is 0 Å². The molecule has 180 valence electrons. The van der Waals surface area contributed by atoms with E-state index in [2.05, 4.69) is 4.90 Å². The molecule has 1 saturated heterocycles. The molecule has 1 N–H and O–H groups in total. The lowest BCUT2D eigenvalue weighted by Crippen LogP contribution is -2.44. The molecule has 3 aromatic rings. The van der Waals surface area contributed by atoms with Crippen LogP contribution >= 0.6 is 0 Å². The van der Waals surface area contributed by atoms with Crippen LogP contribution in [0.4, 0.5) is 10.1 Å². The number of hydrogen-bond donors (Lipinski definition) is 1. The van der Waals surface area contributed by atoms with Gasteiger partial charge in [0.05, 0.1) is 5.92 Å². The maximum absolute atomic E-state index is 14.2. The quantitative estimate of drug-likeness (QED) is 0.577. The summed E-state index contributed by atoms with van der Waals surface area (Å²) in [5.74, 6) is -2.11. The summed E-state index contributed by atoms with van der Waals surface area (Å²) in [4.78, 5) is 30.0. The topological polar surface area (TPSA) is 60.9 Å². The van der Waals surface area contributed by atoms with Gasteiger partial charge in [-0.05, 0) is 48.1 Å². The van der Waals surface area contributed by atoms with Gasteiger partial charge in [-0.25, -0.2) is 9.18 Å². The number of halogens is 1. The number of carbonyl (C=O) groups excluding carboxylic acids is 1. The molecule has 1 fully saturated rings. The van der Waals surface area contributed by atoms with E-state index in [-0.39, 0.29) is 17.8 Å². The number of amides is 1. The van der Waals surface area contributed by atoms with E-state index in [4.69, 9.17) is 0 Å². The number of fused-ring (bicyclic) bond motifs is 1. The fraction of sp³-hybridized carbons (Fsp3) is 0.310. The summed E-state index contributed by atoms with van der Waals surface area (Å²) in [6, 6.07) is 22.8. The van der Waals surface area contributed by atoms with Crippen LogP contribution in [0.5, 0.6) is 0 Å². The van der Waals surface area contributed by atoms with E-state index in [0.29, 0.717) is 13.0 Å². The van der Waals surface area contributed by atoms with Gasteiger partial charge in [0.1, 0.15) is 11.9 Å². The minimum atomic E-state index is -1.00. The van der Waals surface area contributed by atoms with Gasteiger partial charge in [0, 0.05) is 31.2 Å². The Morgan fingerprint density at radius 2 is 1.57 bits per heavy atom. The van der Waals surface area contributed by atoms with Gasteiger partial charge in [-0.1, -0.05) is 66.7 Å². The van der Waals surface area contributed by atoms with Crippen LogP contribution in [0.15, 0.2) is 78.9 Å². The zero-order valence-electron chi connectivity index (χ0n) is 19.5. The smallest absolute Gasteiger partial charge is 0.326 e. The Balaban J connectivity index is 1.49. The summed E-state index contributed by atoms with van der Waals surface area (Å²) in [6.07, 6.45) is 3.12. The second kappa shape index (κ2) is 9.90. The standard InChI is InChI=1S/C29H29FN2O3/c30-23-15-14-20-9-7-8-16-31(25(20)17-23)24-18-26(29(34)35)32(19-24)28(33)27(21-10-3-1-4-11-21)22-12-5-2-6-13-22/h1-6,10-15,17,24,26-27H,7-9,16,18-19H2,(H,34,35)/t24-,26-/m0/s1. The summed E-state index contributed by atoms with van der Waals surface area (Å²) < 4.78 is 14.2. The summed E-state index contributed by atoms with van der Waals surface area (Å²) in [5.41, 5.74) is 3.57. The normalized spacial score (nSPS) is 19.9. The number of aryl methyl sites for hydroxylation is 1. The number of nitrogens with zero attached hydrogens (tertiary/aromatic N) is 2. The van der Waals surface area contributed by atoms with Crippen molar-refractivity contribution in [1.29, 1.82) is 0 Å². The monoisotopic (exact) mass is 472 g/mol. The van der Waals surface area contributed by atoms with Crippen molar-refractivity contribution >= 4 is 17.6 Å². The lowest BCUT2D eigenvalue weighted by atomic mass is 9.90. The van der Waals surface area contributed by atoms with Gasteiger partial charge in [-0.15, -0.1) is 0 Å². The minimum Gasteiger partial charge on any atom is -0.480 e. The van der Waals surface area contributed by atoms with Crippen molar-refractivity contribution in [2.75, 3.05) is 18.0 Å². The second-order valence-corrected chi connectivity index (χ2v) is 9.41. The molecule has 3 aromatic carbocycles. The minimum absolute atomic E-state index is 0.189. The molecule has 0 radical (unpaired) electrons. The maximum Gasteiger partial charge on any atom is 0.326 e. The molecule has 2 atom stereocenters. The van der Waals surface area contributed by atoms with Crippen molar-refractivity contribution in [2.45, 2.75) is 43.7 Å². The zero-order valence-corrected chi connectivity index (χ0v) is 19.5. The fourth-order valence-electron chi connectivity index (χ4n) is 5.56. The van der Waals surface area contributed by atoms with Gasteiger partial charge in [-0.2, -0.15) is 0 Å². The molecule has 35 heavy (non-hydrogen) atoms. The molecular formula is C29H29FN2O3. The number of carbonyl (C=O) groups is 2. The molecule has 2 aliphatic rings. The van der Waals surface area contributed by atoms with E-state index >= 15 is 0 Å². The van der Waals surface area contributed by atoms with Crippen LogP contribution in [0.1, 0.15) is 41.9 Å². The van der Waals surface area contributed by atoms with E-state index < -0.39 is 17.9 Å². The molecule has 0 saturated carbocycles. The largest absolute Gasteiger partial charge is 0.480 e. The molecule has 0 spiro atoms. The number of hydrogen-bond acceptors (Lipinski definition) is 3. The Bertz CT molecular complexity index is 1160. The Morgan fingerprint density at radius 3 is 2.20 bits per heavy atom. The molecule has 5 rings (SSSR count). The Morgan fingerprint density at radius 1 is 0.914 bits per heavy atom. The van der Waals surface area contributed by atoms with Crippen molar-refractivity contribution in [3.63, 3.8) is 0 Å². The Kier molecular flexibility index (Phi) is 6.53. The first-order chi connectivity index (χ1) is 17.0. The fourth-order valence-corrected chi connectivity index (χ4v) is 5.56. The summed E-state index contributed by atoms with van der Waals surface area (Å²) >= 11 is 0. The van der Waals surface area contributed by atoms with Gasteiger partial charge in [0.2, 0.25) is 5.91 Å². The zero-order chi connectivity index (χ0) is 24.4. The van der Waals surface area contributed by atoms with E-state index in [1.165, 1.54) is 11.0 Å². The van der Waals surface area contributed by atoms with Crippen LogP contribution in [0, 0.1) is 5.82 Å². The summed E-state index contributed by atoms with van der Waals surface area (Å²) in [6.45, 7) is 1.01. The van der Waals surface area contributed by atoms with Crippen LogP contribution in [-0.4, -0.2) is 47.1 Å². The predicted octanol–water partition coefficient (Wildman–Crippen LogP) is 4.85. The average molecular weight is 473 g/mol. The van der Waals surface area contributed by atoms with Crippen molar-refractivity contribution in [2.24, 2.45) is 0 Å². The predicted molar refractivity (Wildman–Crippen MR) is 133 cm³/mol. The van der Waals surface area contributed by atoms with Gasteiger partial charge in [-0.3, -0.25) is 4.79 Å². The summed E-state index contributed by atoms with van der Waals surface area (Å²) in [5, 5.41) is 10.1. The molecule has 2 heterocycles. The molecule has 5 nitrogen and oxygen atoms in total. The van der Waals surface area contributed by atoms with E-state index in [1.807, 2.05) is 66.7 Å². The molecular weight excluding hydrogens is 443 g/mol. The van der Waals surface area contributed by atoms with E-state index in [0.717, 1.165) is 48.2 Å². The van der Waals surface area contributed by atoms with Gasteiger partial charge >= 0.3 is 5.97 Å². The molecule has 2 aliphatic heterocycles. The molecule has 0 aromatic heterocycles. The second-order valence-electron chi connectivity index (χ2n) is 9.41. The third kappa shape index (κ3) is 4.65. The van der Waals surface area contributed by atoms with Crippen LogP contribution < -0.4 is 4.90 Å². The molecule has 0 unspecified atom stereocenters. The van der Waals surface area contributed by atoms with Gasteiger partial charge in [0.25, 0.3) is 0 Å². The molecule has 0 aliphatic carbocycles. The number of anilines is 1. The van der Waals surface area contributed by atoms with Crippen molar-refractivity contribution < 1.29 is 19.1 Å². The van der Waals surface area contributed by atoms with Crippen molar-refractivity contribution in [3.8, 4) is 0 Å². The van der Waals surface area contributed by atoms with Gasteiger partial charge in [0.15, 0.2) is 0 Å². The van der Waals surface area contributed by atoms with Gasteiger partial charge < -0.3 is 14.9 Å². The first-order valence-electron chi connectivity index (χ1n) is 12.2. The third-order valence-electron chi connectivity index (χ3n) is 7.25. The van der Waals surface area contributed by atoms with Crippen molar-refractivity contribution in [3.05, 3.63) is 101 Å². The molecule has 6 heteroatoms. The van der Waals surface area contributed by atoms with Crippen LogP contribution in [-0.2, 0) is 16.0 Å². The first kappa shape index (κ1) is 23.1. The van der Waals surface area contributed by atoms with Crippen LogP contribution in [0.3, 0.4) is 0 Å². The average Bonchev–Trinajstić information content (AvgIpc) is 3.22. The highest BCUT2D eigenvalue weighted by atomic mass is 19.1. The number of aliphatic carboxylic acids is 1. The number of likely N-dealkylation sites (tertiary alicyclic amines) is 1. The highest BCUT2D eigenvalue weighted by Crippen LogP contribution is 2.36. The third-order valence-corrected chi connectivity index (χ3v) is 7.25. The maximum atomic E-state index is 14.2. The number of carboxylic acid groups (broad SMARTS) is 1. The van der Waals surface area contributed by atoms with Crippen molar-refractivity contribution in [1.82, 2.24) is 4.90 Å². The van der Waals surface area contributed by atoms with Crippen LogP contribution in [0.25, 0.3) is 0 Å². The Hall–Kier alpha value is -3.67. The Labute approximate surface area is 204 Å². The highest BCUT2D eigenvalue weighted by molar-refractivity contribution is 5.91. The highest BCUT2D eigenvalue weighted by Gasteiger charge is 2.44. The molecule has 1 amide bonds. The number of benzene rings is 3. The number of rotatable bonds is 5. The lowest BCUT2D eigenvalue weighted by Gasteiger charge is -2.32. The first-order valence-corrected chi connectivity index (χ1v) is 12.2. The van der Waals surface area contributed by atoms with E-state index in [1.54, 1.807) is 6.07 Å². The lowest BCUT2D eigenvalue weighted by molar-refractivity contribution is -0.148. The SMILES string of the molecule is O=C(O)[C@@H]1C[C@H](N2CCCCc3ccc(F)cc32)CN1C(=O)C(c1ccccc1)c1ccccc1.